The van der Waals surface area contributed by atoms with Crippen molar-refractivity contribution in [2.24, 2.45) is 5.92 Å². The van der Waals surface area contributed by atoms with E-state index >= 15 is 0 Å². The van der Waals surface area contributed by atoms with Crippen LogP contribution < -0.4 is 4.72 Å². The summed E-state index contributed by atoms with van der Waals surface area (Å²) in [5.74, 6) is -1.17. The van der Waals surface area contributed by atoms with Gasteiger partial charge in [-0.1, -0.05) is 26.0 Å². The lowest BCUT2D eigenvalue weighted by atomic mass is 10.1. The van der Waals surface area contributed by atoms with Crippen LogP contribution in [0.3, 0.4) is 0 Å². The molecule has 1 rings (SSSR count). The molecule has 1 unspecified atom stereocenters. The molecular weight excluding hydrogens is 292 g/mol. The van der Waals surface area contributed by atoms with E-state index in [2.05, 4.69) is 9.46 Å². The van der Waals surface area contributed by atoms with Gasteiger partial charge in [-0.3, -0.25) is 4.79 Å². The Morgan fingerprint density at radius 2 is 2.10 bits per heavy atom. The number of nitriles is 1. The molecule has 0 aliphatic rings. The Balaban J connectivity index is 2.90. The SMILES string of the molecule is COC(=O)C(NS(=O)(=O)Cc1cccc(C#N)c1)C(C)C. The van der Waals surface area contributed by atoms with Crippen LogP contribution in [0.25, 0.3) is 0 Å². The Bertz CT molecular complexity index is 647. The highest BCUT2D eigenvalue weighted by atomic mass is 32.2. The fourth-order valence-corrected chi connectivity index (χ4v) is 3.23. The number of benzene rings is 1. The molecule has 0 fully saturated rings. The minimum absolute atomic E-state index is 0.238. The van der Waals surface area contributed by atoms with Gasteiger partial charge >= 0.3 is 5.97 Å². The Kier molecular flexibility index (Phi) is 5.88. The molecule has 114 valence electrons. The number of carbonyl (C=O) groups is 1. The van der Waals surface area contributed by atoms with Gasteiger partial charge in [0, 0.05) is 0 Å². The molecular formula is C14H18N2O4S. The second kappa shape index (κ2) is 7.20. The molecule has 0 amide bonds. The first-order valence-corrected chi connectivity index (χ1v) is 8.01. The molecule has 1 aromatic rings. The van der Waals surface area contributed by atoms with Crippen molar-refractivity contribution in [3.8, 4) is 6.07 Å². The fraction of sp³-hybridized carbons (Fsp3) is 0.429. The van der Waals surface area contributed by atoms with Crippen molar-refractivity contribution in [1.82, 2.24) is 4.72 Å². The molecule has 0 bridgehead atoms. The monoisotopic (exact) mass is 310 g/mol. The first-order chi connectivity index (χ1) is 9.79. The Hall–Kier alpha value is -1.91. The van der Waals surface area contributed by atoms with Gasteiger partial charge in [-0.05, 0) is 23.6 Å². The van der Waals surface area contributed by atoms with Crippen LogP contribution in [-0.4, -0.2) is 27.5 Å². The molecule has 1 N–H and O–H groups in total. The second-order valence-electron chi connectivity index (χ2n) is 4.93. The van der Waals surface area contributed by atoms with Gasteiger partial charge in [-0.15, -0.1) is 0 Å². The minimum Gasteiger partial charge on any atom is -0.468 e. The maximum absolute atomic E-state index is 12.1. The molecule has 0 aliphatic heterocycles. The summed E-state index contributed by atoms with van der Waals surface area (Å²) in [6.45, 7) is 3.45. The number of nitrogens with zero attached hydrogens (tertiary/aromatic N) is 1. The molecule has 0 heterocycles. The maximum Gasteiger partial charge on any atom is 0.324 e. The Labute approximate surface area is 124 Å². The zero-order chi connectivity index (χ0) is 16.0. The average molecular weight is 310 g/mol. The van der Waals surface area contributed by atoms with Crippen molar-refractivity contribution in [2.75, 3.05) is 7.11 Å². The van der Waals surface area contributed by atoms with Crippen molar-refractivity contribution >= 4 is 16.0 Å². The van der Waals surface area contributed by atoms with Gasteiger partial charge in [-0.25, -0.2) is 13.1 Å². The highest BCUT2D eigenvalue weighted by Crippen LogP contribution is 2.11. The third-order valence-electron chi connectivity index (χ3n) is 2.84. The number of ether oxygens (including phenoxy) is 1. The summed E-state index contributed by atoms with van der Waals surface area (Å²) in [5, 5.41) is 8.81. The van der Waals surface area contributed by atoms with Crippen molar-refractivity contribution < 1.29 is 17.9 Å². The first-order valence-electron chi connectivity index (χ1n) is 6.36. The van der Waals surface area contributed by atoms with Gasteiger partial charge in [-0.2, -0.15) is 5.26 Å². The van der Waals surface area contributed by atoms with E-state index < -0.39 is 22.0 Å². The smallest absolute Gasteiger partial charge is 0.324 e. The van der Waals surface area contributed by atoms with E-state index in [1.807, 2.05) is 6.07 Å². The van der Waals surface area contributed by atoms with E-state index in [0.29, 0.717) is 11.1 Å². The van der Waals surface area contributed by atoms with Crippen LogP contribution in [0, 0.1) is 17.2 Å². The molecule has 1 atom stereocenters. The first kappa shape index (κ1) is 17.1. The molecule has 0 saturated heterocycles. The zero-order valence-electron chi connectivity index (χ0n) is 12.2. The number of rotatable bonds is 6. The van der Waals surface area contributed by atoms with Crippen LogP contribution in [0.5, 0.6) is 0 Å². The molecule has 21 heavy (non-hydrogen) atoms. The summed E-state index contributed by atoms with van der Waals surface area (Å²) >= 11 is 0. The molecule has 0 aliphatic carbocycles. The van der Waals surface area contributed by atoms with E-state index in [1.165, 1.54) is 13.2 Å². The highest BCUT2D eigenvalue weighted by Gasteiger charge is 2.28. The molecule has 7 heteroatoms. The number of carbonyl (C=O) groups excluding carboxylic acids is 1. The van der Waals surface area contributed by atoms with Crippen LogP contribution in [0.1, 0.15) is 25.0 Å². The number of esters is 1. The summed E-state index contributed by atoms with van der Waals surface area (Å²) in [7, 11) is -2.51. The number of sulfonamides is 1. The van der Waals surface area contributed by atoms with E-state index in [9.17, 15) is 13.2 Å². The zero-order valence-corrected chi connectivity index (χ0v) is 13.0. The van der Waals surface area contributed by atoms with Crippen molar-refractivity contribution in [1.29, 1.82) is 5.26 Å². The van der Waals surface area contributed by atoms with E-state index in [1.54, 1.807) is 32.0 Å². The highest BCUT2D eigenvalue weighted by molar-refractivity contribution is 7.88. The minimum atomic E-state index is -3.72. The lowest BCUT2D eigenvalue weighted by molar-refractivity contribution is -0.143. The summed E-state index contributed by atoms with van der Waals surface area (Å²) in [4.78, 5) is 11.6. The quantitative estimate of drug-likeness (QED) is 0.796. The lowest BCUT2D eigenvalue weighted by Gasteiger charge is -2.19. The molecule has 0 spiro atoms. The standard InChI is InChI=1S/C14H18N2O4S/c1-10(2)13(14(17)20-3)16-21(18,19)9-12-6-4-5-11(7-12)8-15/h4-7,10,13,16H,9H2,1-3H3. The van der Waals surface area contributed by atoms with E-state index in [-0.39, 0.29) is 11.7 Å². The number of hydrogen-bond donors (Lipinski definition) is 1. The molecule has 0 saturated carbocycles. The number of methoxy groups -OCH3 is 1. The number of nitrogens with one attached hydrogen (secondary N) is 1. The Morgan fingerprint density at radius 3 is 2.62 bits per heavy atom. The second-order valence-corrected chi connectivity index (χ2v) is 6.69. The van der Waals surface area contributed by atoms with Crippen molar-refractivity contribution in [3.63, 3.8) is 0 Å². The number of hydrogen-bond acceptors (Lipinski definition) is 5. The molecule has 0 radical (unpaired) electrons. The van der Waals surface area contributed by atoms with E-state index in [0.717, 1.165) is 0 Å². The van der Waals surface area contributed by atoms with Crippen LogP contribution in [-0.2, 0) is 25.3 Å². The summed E-state index contributed by atoms with van der Waals surface area (Å²) in [6.07, 6.45) is 0. The average Bonchev–Trinajstić information content (AvgIpc) is 2.43. The van der Waals surface area contributed by atoms with Gasteiger partial charge < -0.3 is 4.74 Å². The van der Waals surface area contributed by atoms with Gasteiger partial charge in [0.05, 0.1) is 24.5 Å². The van der Waals surface area contributed by atoms with Crippen LogP contribution in [0.15, 0.2) is 24.3 Å². The maximum atomic E-state index is 12.1. The van der Waals surface area contributed by atoms with Crippen LogP contribution >= 0.6 is 0 Å². The largest absolute Gasteiger partial charge is 0.468 e. The van der Waals surface area contributed by atoms with Gasteiger partial charge in [0.2, 0.25) is 10.0 Å². The fourth-order valence-electron chi connectivity index (χ4n) is 1.77. The summed E-state index contributed by atoms with van der Waals surface area (Å²) < 4.78 is 31.2. The van der Waals surface area contributed by atoms with Crippen LogP contribution in [0.4, 0.5) is 0 Å². The lowest BCUT2D eigenvalue weighted by Crippen LogP contribution is -2.45. The topological polar surface area (TPSA) is 96.3 Å². The molecule has 1 aromatic carbocycles. The predicted octanol–water partition coefficient (Wildman–Crippen LogP) is 1.18. The van der Waals surface area contributed by atoms with E-state index in [4.69, 9.17) is 5.26 Å². The van der Waals surface area contributed by atoms with Crippen molar-refractivity contribution in [2.45, 2.75) is 25.6 Å². The summed E-state index contributed by atoms with van der Waals surface area (Å²) in [6, 6.07) is 7.34. The molecule has 6 nitrogen and oxygen atoms in total. The van der Waals surface area contributed by atoms with Gasteiger partial charge in [0.25, 0.3) is 0 Å². The Morgan fingerprint density at radius 1 is 1.43 bits per heavy atom. The third kappa shape index (κ3) is 5.17. The summed E-state index contributed by atoms with van der Waals surface area (Å²) in [5.41, 5.74) is 0.866. The van der Waals surface area contributed by atoms with Gasteiger partial charge in [0.1, 0.15) is 6.04 Å². The predicted molar refractivity (Wildman–Crippen MR) is 77.6 cm³/mol. The molecule has 0 aromatic heterocycles. The van der Waals surface area contributed by atoms with Gasteiger partial charge in [0.15, 0.2) is 0 Å². The van der Waals surface area contributed by atoms with Crippen LogP contribution in [0.2, 0.25) is 0 Å². The third-order valence-corrected chi connectivity index (χ3v) is 4.17. The van der Waals surface area contributed by atoms with Crippen molar-refractivity contribution in [3.05, 3.63) is 35.4 Å². The normalized spacial score (nSPS) is 12.7.